The third kappa shape index (κ3) is 6.12. The van der Waals surface area contributed by atoms with E-state index in [2.05, 4.69) is 5.32 Å². The number of amides is 1. The van der Waals surface area contributed by atoms with Crippen molar-refractivity contribution in [1.82, 2.24) is 5.32 Å². The van der Waals surface area contributed by atoms with Gasteiger partial charge in [-0.15, -0.1) is 0 Å². The molecule has 4 N–H and O–H groups in total. The summed E-state index contributed by atoms with van der Waals surface area (Å²) in [5, 5.41) is 10.2. The quantitative estimate of drug-likeness (QED) is 0.734. The highest BCUT2D eigenvalue weighted by molar-refractivity contribution is 5.94. The second-order valence-corrected chi connectivity index (χ2v) is 6.53. The lowest BCUT2D eigenvalue weighted by atomic mass is 10.1. The van der Waals surface area contributed by atoms with Gasteiger partial charge >= 0.3 is 12.1 Å². The van der Waals surface area contributed by atoms with Crippen LogP contribution in [0.1, 0.15) is 35.4 Å². The first kappa shape index (κ1) is 21.5. The summed E-state index contributed by atoms with van der Waals surface area (Å²) in [6.45, 7) is 1.91. The lowest BCUT2D eigenvalue weighted by molar-refractivity contribution is -0.192. The summed E-state index contributed by atoms with van der Waals surface area (Å²) in [6.07, 6.45) is -2.26. The molecule has 0 unspecified atom stereocenters. The average Bonchev–Trinajstić information content (AvgIpc) is 3.23. The maximum absolute atomic E-state index is 12.2. The van der Waals surface area contributed by atoms with Crippen LogP contribution < -0.4 is 11.1 Å². The molecule has 1 aromatic heterocycles. The molecule has 9 heteroatoms. The molecule has 1 fully saturated rings. The van der Waals surface area contributed by atoms with Gasteiger partial charge in [-0.3, -0.25) is 4.79 Å². The topological polar surface area (TPSA) is 106 Å². The summed E-state index contributed by atoms with van der Waals surface area (Å²) < 4.78 is 37.3. The van der Waals surface area contributed by atoms with Crippen LogP contribution in [0.3, 0.4) is 0 Å². The molecule has 0 radical (unpaired) electrons. The summed E-state index contributed by atoms with van der Waals surface area (Å²) in [7, 11) is 0. The number of aliphatic carboxylic acids is 1. The van der Waals surface area contributed by atoms with E-state index < -0.39 is 12.1 Å². The van der Waals surface area contributed by atoms with E-state index in [1.54, 1.807) is 0 Å². The molecule has 2 atom stereocenters. The highest BCUT2D eigenvalue weighted by atomic mass is 19.4. The third-order valence-electron chi connectivity index (χ3n) is 4.22. The van der Waals surface area contributed by atoms with Crippen LogP contribution in [0.4, 0.5) is 13.2 Å². The fourth-order valence-electron chi connectivity index (χ4n) is 2.79. The predicted molar refractivity (Wildman–Crippen MR) is 95.7 cm³/mol. The zero-order chi connectivity index (χ0) is 20.9. The highest BCUT2D eigenvalue weighted by Crippen LogP contribution is 2.23. The van der Waals surface area contributed by atoms with Crippen LogP contribution in [0.2, 0.25) is 0 Å². The van der Waals surface area contributed by atoms with Crippen molar-refractivity contribution in [1.29, 1.82) is 0 Å². The van der Waals surface area contributed by atoms with Gasteiger partial charge in [0, 0.05) is 23.2 Å². The highest BCUT2D eigenvalue weighted by Gasteiger charge is 2.38. The molecule has 6 nitrogen and oxygen atoms in total. The number of nitrogens with two attached hydrogens (primary N) is 1. The van der Waals surface area contributed by atoms with Gasteiger partial charge in [-0.1, -0.05) is 12.1 Å². The standard InChI is InChI=1S/C17H20N2O2.C2HF3O2/c1-11-2-9-16(21-11)12-3-5-13(6-4-12)17(20)19-15-8-7-14(18)10-15;3-2(4,5)1(6)7/h2-6,9,14-15H,7-8,10,18H2,1H3,(H,19,20);(H,6,7)/t14-,15+;/m1./s1. The van der Waals surface area contributed by atoms with E-state index in [0.717, 1.165) is 36.3 Å². The van der Waals surface area contributed by atoms with Crippen molar-refractivity contribution in [2.75, 3.05) is 0 Å². The second kappa shape index (κ2) is 8.92. The molecule has 1 aliphatic rings. The summed E-state index contributed by atoms with van der Waals surface area (Å²) >= 11 is 0. The number of benzene rings is 1. The van der Waals surface area contributed by atoms with E-state index in [-0.39, 0.29) is 18.0 Å². The van der Waals surface area contributed by atoms with Crippen molar-refractivity contribution < 1.29 is 32.3 Å². The number of rotatable bonds is 3. The molecule has 1 aromatic carbocycles. The smallest absolute Gasteiger partial charge is 0.475 e. The lowest BCUT2D eigenvalue weighted by Crippen LogP contribution is -2.33. The minimum absolute atomic E-state index is 0.0312. The third-order valence-corrected chi connectivity index (χ3v) is 4.22. The van der Waals surface area contributed by atoms with Crippen LogP contribution in [0.15, 0.2) is 40.8 Å². The number of carbonyl (C=O) groups is 2. The number of halogens is 3. The average molecular weight is 398 g/mol. The van der Waals surface area contributed by atoms with Gasteiger partial charge in [0.15, 0.2) is 0 Å². The van der Waals surface area contributed by atoms with Gasteiger partial charge in [0.05, 0.1) is 0 Å². The van der Waals surface area contributed by atoms with Gasteiger partial charge < -0.3 is 20.6 Å². The zero-order valence-corrected chi connectivity index (χ0v) is 15.1. The van der Waals surface area contributed by atoms with Crippen LogP contribution in [-0.4, -0.2) is 35.2 Å². The first-order valence-electron chi connectivity index (χ1n) is 8.59. The Morgan fingerprint density at radius 3 is 2.18 bits per heavy atom. The van der Waals surface area contributed by atoms with E-state index in [1.165, 1.54) is 0 Å². The van der Waals surface area contributed by atoms with Crippen LogP contribution in [0, 0.1) is 6.92 Å². The van der Waals surface area contributed by atoms with Crippen molar-refractivity contribution in [3.63, 3.8) is 0 Å². The molecule has 2 aromatic rings. The predicted octanol–water partition coefficient (Wildman–Crippen LogP) is 3.50. The molecule has 0 spiro atoms. The second-order valence-electron chi connectivity index (χ2n) is 6.53. The Morgan fingerprint density at radius 1 is 1.14 bits per heavy atom. The Balaban J connectivity index is 0.000000345. The van der Waals surface area contributed by atoms with Crippen LogP contribution in [0.25, 0.3) is 11.3 Å². The molecule has 3 rings (SSSR count). The molecule has 0 bridgehead atoms. The van der Waals surface area contributed by atoms with E-state index in [9.17, 15) is 18.0 Å². The van der Waals surface area contributed by atoms with Gasteiger partial charge in [0.25, 0.3) is 5.91 Å². The molecule has 1 heterocycles. The van der Waals surface area contributed by atoms with Gasteiger partial charge in [-0.05, 0) is 50.5 Å². The van der Waals surface area contributed by atoms with Crippen LogP contribution in [0.5, 0.6) is 0 Å². The number of hydrogen-bond donors (Lipinski definition) is 3. The summed E-state index contributed by atoms with van der Waals surface area (Å²) in [5.41, 5.74) is 7.51. The van der Waals surface area contributed by atoms with E-state index in [4.69, 9.17) is 20.1 Å². The molecule has 1 aliphatic carbocycles. The number of furan rings is 1. The number of aryl methyl sites for hydroxylation is 1. The van der Waals surface area contributed by atoms with Gasteiger partial charge in [0.2, 0.25) is 0 Å². The Kier molecular flexibility index (Phi) is 6.85. The van der Waals surface area contributed by atoms with Crippen molar-refractivity contribution in [3.8, 4) is 11.3 Å². The fraction of sp³-hybridized carbons (Fsp3) is 0.368. The first-order chi connectivity index (χ1) is 13.1. The minimum atomic E-state index is -5.08. The molecule has 0 aliphatic heterocycles. The zero-order valence-electron chi connectivity index (χ0n) is 15.1. The molecule has 1 saturated carbocycles. The number of carboxylic acids is 1. The maximum Gasteiger partial charge on any atom is 0.490 e. The summed E-state index contributed by atoms with van der Waals surface area (Å²) in [6, 6.07) is 11.8. The monoisotopic (exact) mass is 398 g/mol. The van der Waals surface area contributed by atoms with Gasteiger partial charge in [0.1, 0.15) is 11.5 Å². The van der Waals surface area contributed by atoms with Gasteiger partial charge in [-0.25, -0.2) is 4.79 Å². The van der Waals surface area contributed by atoms with Crippen molar-refractivity contribution in [3.05, 3.63) is 47.7 Å². The molecule has 0 saturated heterocycles. The Bertz CT molecular complexity index is 815. The molecule has 28 heavy (non-hydrogen) atoms. The van der Waals surface area contributed by atoms with Crippen LogP contribution in [-0.2, 0) is 4.79 Å². The largest absolute Gasteiger partial charge is 0.490 e. The summed E-state index contributed by atoms with van der Waals surface area (Å²) in [4.78, 5) is 21.1. The molecule has 152 valence electrons. The molecular weight excluding hydrogens is 377 g/mol. The van der Waals surface area contributed by atoms with E-state index >= 15 is 0 Å². The number of carboxylic acid groups (broad SMARTS) is 1. The summed E-state index contributed by atoms with van der Waals surface area (Å²) in [5.74, 6) is -1.09. The Labute approximate surface area is 159 Å². The Morgan fingerprint density at radius 2 is 1.75 bits per heavy atom. The van der Waals surface area contributed by atoms with Crippen molar-refractivity contribution in [2.45, 2.75) is 44.4 Å². The number of alkyl halides is 3. The molecule has 1 amide bonds. The van der Waals surface area contributed by atoms with Crippen LogP contribution >= 0.6 is 0 Å². The minimum Gasteiger partial charge on any atom is -0.475 e. The normalized spacial score (nSPS) is 18.9. The maximum atomic E-state index is 12.2. The number of carbonyl (C=O) groups excluding carboxylic acids is 1. The van der Waals surface area contributed by atoms with E-state index in [0.29, 0.717) is 5.56 Å². The van der Waals surface area contributed by atoms with Crippen molar-refractivity contribution >= 4 is 11.9 Å². The van der Waals surface area contributed by atoms with Gasteiger partial charge in [-0.2, -0.15) is 13.2 Å². The molecular formula is C19H21F3N2O4. The Hall–Kier alpha value is -2.81. The lowest BCUT2D eigenvalue weighted by Gasteiger charge is -2.12. The fourth-order valence-corrected chi connectivity index (χ4v) is 2.79. The van der Waals surface area contributed by atoms with E-state index in [1.807, 2.05) is 43.3 Å². The SMILES string of the molecule is Cc1ccc(-c2ccc(C(=O)N[C@H]3CC[C@@H](N)C3)cc2)o1.O=C(O)C(F)(F)F. The first-order valence-corrected chi connectivity index (χ1v) is 8.59. The number of nitrogens with one attached hydrogen (secondary N) is 1. The number of hydrogen-bond acceptors (Lipinski definition) is 4. The van der Waals surface area contributed by atoms with Crippen molar-refractivity contribution in [2.24, 2.45) is 5.73 Å².